The lowest BCUT2D eigenvalue weighted by atomic mass is 9.98. The highest BCUT2D eigenvalue weighted by molar-refractivity contribution is 7.99. The SMILES string of the molecule is CCS[C@@H]1O[C@H](COC(C)=O)[C@@H](OC(C)=O)[C@H](OC(C)=O)[C@H]1N=[N+]=[N-]. The van der Waals surface area contributed by atoms with Gasteiger partial charge in [-0.1, -0.05) is 12.0 Å². The van der Waals surface area contributed by atoms with Crippen LogP contribution in [0.4, 0.5) is 0 Å². The summed E-state index contributed by atoms with van der Waals surface area (Å²) in [5.41, 5.74) is 8.19. The molecule has 0 unspecified atom stereocenters. The summed E-state index contributed by atoms with van der Waals surface area (Å²) in [5.74, 6) is -1.17. The van der Waals surface area contributed by atoms with Crippen molar-refractivity contribution >= 4 is 29.7 Å². The first-order chi connectivity index (χ1) is 11.8. The molecule has 5 atom stereocenters. The van der Waals surface area contributed by atoms with Crippen molar-refractivity contribution in [3.05, 3.63) is 10.4 Å². The maximum Gasteiger partial charge on any atom is 0.303 e. The molecule has 10 nitrogen and oxygen atoms in total. The molecular formula is C14H21N3O7S. The lowest BCUT2D eigenvalue weighted by Gasteiger charge is -2.43. The standard InChI is InChI=1S/C14H21N3O7S/c1-5-25-14-11(16-17-15)13(23-9(4)20)12(22-8(3)19)10(24-14)6-21-7(2)18/h10-14H,5-6H2,1-4H3/t10-,11-,12-,13-,14+/m1/s1. The monoisotopic (exact) mass is 375 g/mol. The topological polar surface area (TPSA) is 137 Å². The van der Waals surface area contributed by atoms with Crippen molar-refractivity contribution in [2.75, 3.05) is 12.4 Å². The average Bonchev–Trinajstić information content (AvgIpc) is 2.50. The van der Waals surface area contributed by atoms with Gasteiger partial charge in [0.1, 0.15) is 24.2 Å². The van der Waals surface area contributed by atoms with Crippen molar-refractivity contribution in [2.45, 2.75) is 57.5 Å². The van der Waals surface area contributed by atoms with Crippen LogP contribution >= 0.6 is 11.8 Å². The number of nitrogens with zero attached hydrogens (tertiary/aromatic N) is 3. The maximum absolute atomic E-state index is 11.5. The molecule has 0 radical (unpaired) electrons. The number of carbonyl (C=O) groups excluding carboxylic acids is 3. The zero-order valence-corrected chi connectivity index (χ0v) is 15.2. The molecule has 0 bridgehead atoms. The van der Waals surface area contributed by atoms with Crippen LogP contribution in [0.3, 0.4) is 0 Å². The van der Waals surface area contributed by atoms with E-state index in [9.17, 15) is 14.4 Å². The molecule has 0 N–H and O–H groups in total. The molecule has 0 aromatic rings. The Kier molecular flexibility index (Phi) is 8.53. The fourth-order valence-corrected chi connectivity index (χ4v) is 3.33. The van der Waals surface area contributed by atoms with Gasteiger partial charge >= 0.3 is 17.9 Å². The van der Waals surface area contributed by atoms with Gasteiger partial charge in [0.15, 0.2) is 12.2 Å². The second-order valence-corrected chi connectivity index (χ2v) is 6.52. The molecule has 1 rings (SSSR count). The largest absolute Gasteiger partial charge is 0.463 e. The van der Waals surface area contributed by atoms with Gasteiger partial charge in [-0.25, -0.2) is 0 Å². The zero-order chi connectivity index (χ0) is 19.0. The molecular weight excluding hydrogens is 354 g/mol. The van der Waals surface area contributed by atoms with Gasteiger partial charge in [0, 0.05) is 25.7 Å². The first-order valence-electron chi connectivity index (χ1n) is 7.59. The molecule has 140 valence electrons. The van der Waals surface area contributed by atoms with Crippen LogP contribution in [0.15, 0.2) is 5.11 Å². The summed E-state index contributed by atoms with van der Waals surface area (Å²) in [7, 11) is 0. The first-order valence-corrected chi connectivity index (χ1v) is 8.64. The number of esters is 3. The zero-order valence-electron chi connectivity index (χ0n) is 14.4. The Morgan fingerprint density at radius 3 is 2.20 bits per heavy atom. The summed E-state index contributed by atoms with van der Waals surface area (Å²) in [6, 6.07) is -0.906. The summed E-state index contributed by atoms with van der Waals surface area (Å²) in [4.78, 5) is 36.8. The Hall–Kier alpha value is -1.97. The lowest BCUT2D eigenvalue weighted by molar-refractivity contribution is -0.208. The van der Waals surface area contributed by atoms with E-state index in [-0.39, 0.29) is 6.61 Å². The number of hydrogen-bond donors (Lipinski definition) is 0. The van der Waals surface area contributed by atoms with E-state index in [0.717, 1.165) is 0 Å². The lowest BCUT2D eigenvalue weighted by Crippen LogP contribution is -2.59. The van der Waals surface area contributed by atoms with Crippen LogP contribution in [0.5, 0.6) is 0 Å². The van der Waals surface area contributed by atoms with Gasteiger partial charge in [0.25, 0.3) is 0 Å². The molecule has 0 aliphatic carbocycles. The van der Waals surface area contributed by atoms with E-state index in [1.54, 1.807) is 0 Å². The summed E-state index contributed by atoms with van der Waals surface area (Å²) in [6.07, 6.45) is -3.01. The van der Waals surface area contributed by atoms with Gasteiger partial charge in [0.05, 0.1) is 0 Å². The molecule has 1 fully saturated rings. The first kappa shape index (κ1) is 21.1. The van der Waals surface area contributed by atoms with Crippen molar-refractivity contribution in [3.8, 4) is 0 Å². The molecule has 1 aliphatic rings. The Morgan fingerprint density at radius 2 is 1.72 bits per heavy atom. The predicted molar refractivity (Wildman–Crippen MR) is 87.5 cm³/mol. The average molecular weight is 375 g/mol. The third-order valence-electron chi connectivity index (χ3n) is 3.19. The predicted octanol–water partition coefficient (Wildman–Crippen LogP) is 1.57. The van der Waals surface area contributed by atoms with Gasteiger partial charge in [-0.2, -0.15) is 0 Å². The normalized spacial score (nSPS) is 28.4. The van der Waals surface area contributed by atoms with Crippen LogP contribution in [-0.2, 0) is 33.3 Å². The van der Waals surface area contributed by atoms with Crippen LogP contribution < -0.4 is 0 Å². The second-order valence-electron chi connectivity index (χ2n) is 5.14. The fraction of sp³-hybridized carbons (Fsp3) is 0.786. The van der Waals surface area contributed by atoms with Crippen molar-refractivity contribution in [3.63, 3.8) is 0 Å². The number of rotatable bonds is 7. The van der Waals surface area contributed by atoms with E-state index >= 15 is 0 Å². The summed E-state index contributed by atoms with van der Waals surface area (Å²) >= 11 is 1.33. The number of hydrogen-bond acceptors (Lipinski definition) is 9. The van der Waals surface area contributed by atoms with Gasteiger partial charge in [-0.3, -0.25) is 14.4 Å². The van der Waals surface area contributed by atoms with E-state index in [0.29, 0.717) is 5.75 Å². The van der Waals surface area contributed by atoms with Crippen molar-refractivity contribution in [1.82, 2.24) is 0 Å². The molecule has 0 amide bonds. The highest BCUT2D eigenvalue weighted by atomic mass is 32.2. The maximum atomic E-state index is 11.5. The molecule has 0 aromatic heterocycles. The molecule has 11 heteroatoms. The molecule has 25 heavy (non-hydrogen) atoms. The minimum Gasteiger partial charge on any atom is -0.463 e. The number of carbonyl (C=O) groups is 3. The molecule has 0 aromatic carbocycles. The van der Waals surface area contributed by atoms with E-state index in [2.05, 4.69) is 10.0 Å². The third-order valence-corrected chi connectivity index (χ3v) is 4.24. The Morgan fingerprint density at radius 1 is 1.12 bits per heavy atom. The van der Waals surface area contributed by atoms with E-state index < -0.39 is 47.7 Å². The number of azide groups is 1. The van der Waals surface area contributed by atoms with E-state index in [1.807, 2.05) is 6.92 Å². The Labute approximate surface area is 149 Å². The van der Waals surface area contributed by atoms with Crippen molar-refractivity contribution in [2.24, 2.45) is 5.11 Å². The van der Waals surface area contributed by atoms with E-state index in [4.69, 9.17) is 24.5 Å². The molecule has 1 heterocycles. The fourth-order valence-electron chi connectivity index (χ4n) is 2.37. The minimum atomic E-state index is -1.08. The Balaban J connectivity index is 3.21. The van der Waals surface area contributed by atoms with Crippen LogP contribution in [0, 0.1) is 0 Å². The highest BCUT2D eigenvalue weighted by Crippen LogP contribution is 2.34. The summed E-state index contributed by atoms with van der Waals surface area (Å²) < 4.78 is 21.3. The number of ether oxygens (including phenoxy) is 4. The van der Waals surface area contributed by atoms with Gasteiger partial charge in [-0.15, -0.1) is 11.8 Å². The van der Waals surface area contributed by atoms with Gasteiger partial charge < -0.3 is 18.9 Å². The molecule has 0 saturated carbocycles. The Bertz CT molecular complexity index is 553. The molecule has 0 spiro atoms. The van der Waals surface area contributed by atoms with Gasteiger partial charge in [-0.05, 0) is 11.3 Å². The molecule has 1 saturated heterocycles. The van der Waals surface area contributed by atoms with Crippen molar-refractivity contribution < 1.29 is 33.3 Å². The number of thioether (sulfide) groups is 1. The van der Waals surface area contributed by atoms with Crippen LogP contribution in [-0.4, -0.2) is 60.1 Å². The summed E-state index contributed by atoms with van der Waals surface area (Å²) in [5, 5.41) is 3.66. The highest BCUT2D eigenvalue weighted by Gasteiger charge is 2.50. The van der Waals surface area contributed by atoms with Crippen LogP contribution in [0.2, 0.25) is 0 Å². The second kappa shape index (κ2) is 10.1. The summed E-state index contributed by atoms with van der Waals surface area (Å²) in [6.45, 7) is 5.28. The van der Waals surface area contributed by atoms with E-state index in [1.165, 1.54) is 32.5 Å². The quantitative estimate of drug-likeness (QED) is 0.215. The van der Waals surface area contributed by atoms with Crippen LogP contribution in [0.25, 0.3) is 10.4 Å². The smallest absolute Gasteiger partial charge is 0.303 e. The molecule has 1 aliphatic heterocycles. The van der Waals surface area contributed by atoms with Gasteiger partial charge in [0.2, 0.25) is 0 Å². The minimum absolute atomic E-state index is 0.200. The van der Waals surface area contributed by atoms with Crippen molar-refractivity contribution in [1.29, 1.82) is 0 Å². The van der Waals surface area contributed by atoms with Crippen LogP contribution in [0.1, 0.15) is 27.7 Å². The third kappa shape index (κ3) is 6.45.